The first kappa shape index (κ1) is 17.9. The fraction of sp³-hybridized carbons (Fsp3) is 0.440. The second-order valence-corrected chi connectivity index (χ2v) is 9.09. The van der Waals surface area contributed by atoms with E-state index in [4.69, 9.17) is 0 Å². The summed E-state index contributed by atoms with van der Waals surface area (Å²) in [6, 6.07) is 16.0. The Labute approximate surface area is 166 Å². The highest BCUT2D eigenvalue weighted by atomic mass is 19.1. The van der Waals surface area contributed by atoms with Gasteiger partial charge in [-0.05, 0) is 88.4 Å². The van der Waals surface area contributed by atoms with E-state index in [9.17, 15) is 4.39 Å². The van der Waals surface area contributed by atoms with Crippen LogP contribution < -0.4 is 0 Å². The maximum atomic E-state index is 14.0. The number of para-hydroxylation sites is 1. The molecule has 2 aromatic carbocycles. The lowest BCUT2D eigenvalue weighted by molar-refractivity contribution is 0.0576. The van der Waals surface area contributed by atoms with Crippen LogP contribution in [-0.2, 0) is 17.4 Å². The van der Waals surface area contributed by atoms with Gasteiger partial charge in [0.15, 0.2) is 0 Å². The molecule has 0 saturated heterocycles. The van der Waals surface area contributed by atoms with Crippen LogP contribution in [0, 0.1) is 5.82 Å². The average Bonchev–Trinajstić information content (AvgIpc) is 3.09. The zero-order valence-corrected chi connectivity index (χ0v) is 16.9. The summed E-state index contributed by atoms with van der Waals surface area (Å²) in [5.74, 6) is -0.130. The average molecular weight is 377 g/mol. The van der Waals surface area contributed by atoms with Crippen LogP contribution in [0.25, 0.3) is 10.9 Å². The summed E-state index contributed by atoms with van der Waals surface area (Å²) in [6.45, 7) is 0. The first-order valence-corrected chi connectivity index (χ1v) is 10.6. The number of hydrogen-bond acceptors (Lipinski definition) is 1. The Morgan fingerprint density at radius 1 is 0.929 bits per heavy atom. The molecule has 5 rings (SSSR count). The number of H-pyrrole nitrogens is 1. The van der Waals surface area contributed by atoms with Crippen molar-refractivity contribution in [3.63, 3.8) is 0 Å². The zero-order valence-electron chi connectivity index (χ0n) is 16.9. The molecule has 1 saturated carbocycles. The lowest BCUT2D eigenvalue weighted by atomic mass is 9.59. The highest BCUT2D eigenvalue weighted by Gasteiger charge is 2.48. The van der Waals surface area contributed by atoms with Gasteiger partial charge in [-0.15, -0.1) is 0 Å². The number of hydrogen-bond donors (Lipinski definition) is 1. The van der Waals surface area contributed by atoms with Crippen LogP contribution in [0.5, 0.6) is 0 Å². The number of aromatic nitrogens is 1. The third-order valence-electron chi connectivity index (χ3n) is 7.68. The maximum Gasteiger partial charge on any atom is 0.123 e. The minimum atomic E-state index is -0.130. The van der Waals surface area contributed by atoms with Crippen LogP contribution in [0.4, 0.5) is 4.39 Å². The monoisotopic (exact) mass is 376 g/mol. The van der Waals surface area contributed by atoms with Crippen molar-refractivity contribution in [2.45, 2.75) is 55.9 Å². The highest BCUT2D eigenvalue weighted by molar-refractivity contribution is 5.85. The first-order chi connectivity index (χ1) is 13.5. The molecule has 3 aromatic rings. The molecule has 2 aliphatic carbocycles. The van der Waals surface area contributed by atoms with Crippen LogP contribution in [-0.4, -0.2) is 24.0 Å². The number of benzene rings is 2. The predicted molar refractivity (Wildman–Crippen MR) is 113 cm³/mol. The van der Waals surface area contributed by atoms with Crippen molar-refractivity contribution >= 4 is 10.9 Å². The van der Waals surface area contributed by atoms with E-state index < -0.39 is 0 Å². The van der Waals surface area contributed by atoms with E-state index >= 15 is 0 Å². The van der Waals surface area contributed by atoms with Crippen LogP contribution >= 0.6 is 0 Å². The lowest BCUT2D eigenvalue weighted by Gasteiger charge is -2.51. The van der Waals surface area contributed by atoms with Crippen molar-refractivity contribution < 1.29 is 4.39 Å². The largest absolute Gasteiger partial charge is 0.358 e. The Morgan fingerprint density at radius 3 is 2.46 bits per heavy atom. The van der Waals surface area contributed by atoms with Gasteiger partial charge in [-0.1, -0.05) is 30.3 Å². The van der Waals surface area contributed by atoms with E-state index in [0.29, 0.717) is 0 Å². The van der Waals surface area contributed by atoms with Crippen molar-refractivity contribution in [3.05, 3.63) is 71.2 Å². The van der Waals surface area contributed by atoms with Crippen LogP contribution in [0.2, 0.25) is 0 Å². The summed E-state index contributed by atoms with van der Waals surface area (Å²) in [4.78, 5) is 6.13. The van der Waals surface area contributed by atoms with E-state index in [0.717, 1.165) is 31.2 Å². The summed E-state index contributed by atoms with van der Waals surface area (Å²) >= 11 is 0. The number of fused-ring (bicyclic) bond motifs is 4. The Hall–Kier alpha value is -2.13. The number of rotatable bonds is 2. The van der Waals surface area contributed by atoms with E-state index in [2.05, 4.69) is 54.3 Å². The molecule has 2 nitrogen and oxygen atoms in total. The topological polar surface area (TPSA) is 19.0 Å². The fourth-order valence-electron chi connectivity index (χ4n) is 6.06. The van der Waals surface area contributed by atoms with Gasteiger partial charge < -0.3 is 4.98 Å². The zero-order chi connectivity index (χ0) is 19.4. The van der Waals surface area contributed by atoms with Crippen LogP contribution in [0.1, 0.15) is 55.3 Å². The molecule has 0 radical (unpaired) electrons. The van der Waals surface area contributed by atoms with Crippen molar-refractivity contribution in [1.29, 1.82) is 0 Å². The first-order valence-electron chi connectivity index (χ1n) is 10.6. The van der Waals surface area contributed by atoms with Gasteiger partial charge in [-0.3, -0.25) is 4.90 Å². The molecule has 1 spiro atoms. The molecule has 1 heterocycles. The molecule has 0 unspecified atom stereocenters. The van der Waals surface area contributed by atoms with Gasteiger partial charge in [0.2, 0.25) is 0 Å². The molecular formula is C25H29FN2. The van der Waals surface area contributed by atoms with Crippen LogP contribution in [0.3, 0.4) is 0 Å². The smallest absolute Gasteiger partial charge is 0.123 e. The standard InChI is InChI=1S/C25H29FN2/c1-28(2)25(18-7-5-8-19(26)17-18)15-13-24(14-16-25)12-6-10-21-20-9-3-4-11-22(20)27-23(21)24/h3-5,7-9,11,17,27H,6,10,12-16H2,1-2H3. The highest BCUT2D eigenvalue weighted by Crippen LogP contribution is 2.54. The number of aryl methyl sites for hydroxylation is 1. The van der Waals surface area contributed by atoms with Gasteiger partial charge in [0.25, 0.3) is 0 Å². The van der Waals surface area contributed by atoms with Gasteiger partial charge in [-0.2, -0.15) is 0 Å². The molecule has 0 aliphatic heterocycles. The Balaban J connectivity index is 1.53. The van der Waals surface area contributed by atoms with Gasteiger partial charge >= 0.3 is 0 Å². The minimum absolute atomic E-state index is 0.0724. The molecule has 0 atom stereocenters. The van der Waals surface area contributed by atoms with Crippen LogP contribution in [0.15, 0.2) is 48.5 Å². The quantitative estimate of drug-likeness (QED) is 0.589. The molecule has 1 aromatic heterocycles. The Kier molecular flexibility index (Phi) is 4.13. The second-order valence-electron chi connectivity index (χ2n) is 9.09. The molecule has 28 heavy (non-hydrogen) atoms. The maximum absolute atomic E-state index is 14.0. The van der Waals surface area contributed by atoms with Gasteiger partial charge in [0, 0.05) is 27.6 Å². The van der Waals surface area contributed by atoms with E-state index in [1.165, 1.54) is 35.9 Å². The number of nitrogens with one attached hydrogen (secondary N) is 1. The Bertz CT molecular complexity index is 1010. The summed E-state index contributed by atoms with van der Waals surface area (Å²) in [7, 11) is 4.30. The summed E-state index contributed by atoms with van der Waals surface area (Å²) in [5.41, 5.74) is 5.62. The van der Waals surface area contributed by atoms with Crippen molar-refractivity contribution in [3.8, 4) is 0 Å². The van der Waals surface area contributed by atoms with Crippen molar-refractivity contribution in [2.24, 2.45) is 0 Å². The number of halogens is 1. The Morgan fingerprint density at radius 2 is 1.71 bits per heavy atom. The van der Waals surface area contributed by atoms with E-state index in [1.807, 2.05) is 6.07 Å². The number of aromatic amines is 1. The van der Waals surface area contributed by atoms with E-state index in [-0.39, 0.29) is 16.8 Å². The third-order valence-corrected chi connectivity index (χ3v) is 7.68. The van der Waals surface area contributed by atoms with Gasteiger partial charge in [-0.25, -0.2) is 4.39 Å². The summed E-state index contributed by atoms with van der Waals surface area (Å²) < 4.78 is 14.0. The fourth-order valence-corrected chi connectivity index (χ4v) is 6.06. The predicted octanol–water partition coefficient (Wildman–Crippen LogP) is 5.91. The third kappa shape index (κ3) is 2.56. The minimum Gasteiger partial charge on any atom is -0.358 e. The van der Waals surface area contributed by atoms with Crippen molar-refractivity contribution in [1.82, 2.24) is 9.88 Å². The lowest BCUT2D eigenvalue weighted by Crippen LogP contribution is -2.48. The second kappa shape index (κ2) is 6.45. The number of nitrogens with zero attached hydrogens (tertiary/aromatic N) is 1. The molecule has 146 valence electrons. The molecule has 1 N–H and O–H groups in total. The molecule has 2 aliphatic rings. The SMILES string of the molecule is CN(C)C1(c2cccc(F)c2)CCC2(CCCc3c2[nH]c2ccccc32)CC1. The summed E-state index contributed by atoms with van der Waals surface area (Å²) in [6.07, 6.45) is 8.16. The molecule has 3 heteroatoms. The molecule has 0 amide bonds. The normalized spacial score (nSPS) is 27.4. The summed E-state index contributed by atoms with van der Waals surface area (Å²) in [5, 5.41) is 1.41. The van der Waals surface area contributed by atoms with Gasteiger partial charge in [0.1, 0.15) is 5.82 Å². The van der Waals surface area contributed by atoms with Gasteiger partial charge in [0.05, 0.1) is 0 Å². The van der Waals surface area contributed by atoms with Crippen molar-refractivity contribution in [2.75, 3.05) is 14.1 Å². The van der Waals surface area contributed by atoms with E-state index in [1.54, 1.807) is 17.7 Å². The molecule has 0 bridgehead atoms. The molecular weight excluding hydrogens is 347 g/mol. The molecule has 1 fully saturated rings.